The lowest BCUT2D eigenvalue weighted by molar-refractivity contribution is 0.0751. The molecule has 7 heteroatoms. The molecule has 0 saturated heterocycles. The van der Waals surface area contributed by atoms with Crippen molar-refractivity contribution in [3.05, 3.63) is 36.0 Å². The first-order chi connectivity index (χ1) is 12.7. The first kappa shape index (κ1) is 23.9. The van der Waals surface area contributed by atoms with Gasteiger partial charge in [-0.15, -0.1) is 0 Å². The summed E-state index contributed by atoms with van der Waals surface area (Å²) in [5, 5.41) is 1.36. The van der Waals surface area contributed by atoms with Gasteiger partial charge in [0.25, 0.3) is 0 Å². The summed E-state index contributed by atoms with van der Waals surface area (Å²) in [6, 6.07) is 8.45. The number of rotatable bonds is 9. The minimum Gasteiger partial charge on any atom is -0.361 e. The summed E-state index contributed by atoms with van der Waals surface area (Å²) in [6.45, 7) is 10.3. The summed E-state index contributed by atoms with van der Waals surface area (Å²) in [5.74, 6) is 0. The van der Waals surface area contributed by atoms with E-state index >= 15 is 0 Å². The highest BCUT2D eigenvalue weighted by Gasteiger charge is 2.28. The summed E-state index contributed by atoms with van der Waals surface area (Å²) in [5.41, 5.74) is 2.65. The van der Waals surface area contributed by atoms with E-state index in [1.165, 1.54) is 16.5 Å². The summed E-state index contributed by atoms with van der Waals surface area (Å²) >= 11 is 0. The van der Waals surface area contributed by atoms with Crippen LogP contribution in [0.4, 0.5) is 0 Å². The fourth-order valence-electron chi connectivity index (χ4n) is 2.44. The Morgan fingerprint density at radius 2 is 1.70 bits per heavy atom. The fourth-order valence-corrected chi connectivity index (χ4v) is 3.96. The third-order valence-corrected chi connectivity index (χ3v) is 5.40. The minimum absolute atomic E-state index is 0. The molecule has 1 heterocycles. The molecule has 0 fully saturated rings. The second-order valence-electron chi connectivity index (χ2n) is 7.09. The Kier molecular flexibility index (Phi) is 10.3. The zero-order chi connectivity index (χ0) is 20.4. The number of aromatic nitrogens is 1. The van der Waals surface area contributed by atoms with E-state index < -0.39 is 7.82 Å². The highest BCUT2D eigenvalue weighted by atomic mass is 31.2. The molecule has 2 aromatic rings. The normalized spacial score (nSPS) is 12.1. The average Bonchev–Trinajstić information content (AvgIpc) is 2.95. The predicted octanol–water partition coefficient (Wildman–Crippen LogP) is 5.50. The average molecular weight is 401 g/mol. The number of hydrogen-bond donors (Lipinski definition) is 1. The SMILES string of the molecule is CCOP(=O)(OC(C)C)OC(C)C.CN(C)CCc1c[nH]c2ccccc12.[HH]. The zero-order valence-corrected chi connectivity index (χ0v) is 18.6. The Labute approximate surface area is 165 Å². The lowest BCUT2D eigenvalue weighted by Gasteiger charge is -2.20. The van der Waals surface area contributed by atoms with E-state index in [0.717, 1.165) is 13.0 Å². The second kappa shape index (κ2) is 11.6. The second-order valence-corrected chi connectivity index (χ2v) is 8.66. The van der Waals surface area contributed by atoms with E-state index in [1.54, 1.807) is 34.6 Å². The van der Waals surface area contributed by atoms with Crippen molar-refractivity contribution in [1.82, 2.24) is 9.88 Å². The highest BCUT2D eigenvalue weighted by Crippen LogP contribution is 2.51. The van der Waals surface area contributed by atoms with Gasteiger partial charge in [0.2, 0.25) is 0 Å². The third kappa shape index (κ3) is 9.04. The first-order valence-electron chi connectivity index (χ1n) is 9.48. The van der Waals surface area contributed by atoms with Gasteiger partial charge in [0.15, 0.2) is 0 Å². The topological polar surface area (TPSA) is 63.8 Å². The van der Waals surface area contributed by atoms with E-state index in [0.29, 0.717) is 6.61 Å². The zero-order valence-electron chi connectivity index (χ0n) is 17.7. The van der Waals surface area contributed by atoms with Crippen molar-refractivity contribution >= 4 is 18.7 Å². The number of H-pyrrole nitrogens is 1. The van der Waals surface area contributed by atoms with Crippen molar-refractivity contribution in [1.29, 1.82) is 0 Å². The van der Waals surface area contributed by atoms with Crippen LogP contribution in [0.3, 0.4) is 0 Å². The maximum Gasteiger partial charge on any atom is 0.475 e. The monoisotopic (exact) mass is 400 g/mol. The van der Waals surface area contributed by atoms with E-state index in [4.69, 9.17) is 13.6 Å². The van der Waals surface area contributed by atoms with Crippen LogP contribution in [0.5, 0.6) is 0 Å². The number of benzene rings is 1. The van der Waals surface area contributed by atoms with Gasteiger partial charge in [-0.1, -0.05) is 18.2 Å². The molecule has 1 aromatic heterocycles. The van der Waals surface area contributed by atoms with Crippen molar-refractivity contribution in [2.45, 2.75) is 53.2 Å². The number of hydrogen-bond acceptors (Lipinski definition) is 5. The van der Waals surface area contributed by atoms with E-state index in [9.17, 15) is 4.57 Å². The predicted molar refractivity (Wildman–Crippen MR) is 114 cm³/mol. The summed E-state index contributed by atoms with van der Waals surface area (Å²) in [6.07, 6.45) is 2.89. The Balaban J connectivity index is 0.000000505. The van der Waals surface area contributed by atoms with Crippen LogP contribution in [-0.2, 0) is 24.6 Å². The Bertz CT molecular complexity index is 705. The molecule has 0 atom stereocenters. The molecular weight excluding hydrogens is 363 g/mol. The molecule has 0 bridgehead atoms. The lowest BCUT2D eigenvalue weighted by atomic mass is 10.1. The Morgan fingerprint density at radius 3 is 2.22 bits per heavy atom. The van der Waals surface area contributed by atoms with Gasteiger partial charge >= 0.3 is 7.82 Å². The van der Waals surface area contributed by atoms with Gasteiger partial charge in [-0.25, -0.2) is 4.57 Å². The highest BCUT2D eigenvalue weighted by molar-refractivity contribution is 7.48. The van der Waals surface area contributed by atoms with Gasteiger partial charge in [-0.2, -0.15) is 0 Å². The molecule has 6 nitrogen and oxygen atoms in total. The maximum absolute atomic E-state index is 11.8. The van der Waals surface area contributed by atoms with Crippen LogP contribution in [0.2, 0.25) is 0 Å². The molecule has 1 N–H and O–H groups in total. The first-order valence-corrected chi connectivity index (χ1v) is 10.9. The van der Waals surface area contributed by atoms with Crippen molar-refractivity contribution in [3.8, 4) is 0 Å². The molecule has 0 saturated carbocycles. The van der Waals surface area contributed by atoms with E-state index in [1.807, 2.05) is 0 Å². The van der Waals surface area contributed by atoms with Crippen molar-refractivity contribution in [2.24, 2.45) is 0 Å². The molecule has 0 spiro atoms. The molecule has 0 aliphatic rings. The molecule has 0 amide bonds. The smallest absolute Gasteiger partial charge is 0.361 e. The van der Waals surface area contributed by atoms with Crippen molar-refractivity contribution < 1.29 is 19.6 Å². The molecule has 156 valence electrons. The molecule has 0 aliphatic carbocycles. The van der Waals surface area contributed by atoms with E-state index in [2.05, 4.69) is 54.4 Å². The molecule has 0 aliphatic heterocycles. The van der Waals surface area contributed by atoms with Gasteiger partial charge in [0.05, 0.1) is 18.8 Å². The van der Waals surface area contributed by atoms with Crippen molar-refractivity contribution in [3.63, 3.8) is 0 Å². The number of nitrogens with zero attached hydrogens (tertiary/aromatic N) is 1. The number of nitrogens with one attached hydrogen (secondary N) is 1. The van der Waals surface area contributed by atoms with Crippen molar-refractivity contribution in [2.75, 3.05) is 27.2 Å². The van der Waals surface area contributed by atoms with Crippen LogP contribution in [0.15, 0.2) is 30.5 Å². The Morgan fingerprint density at radius 1 is 1.11 bits per heavy atom. The quantitative estimate of drug-likeness (QED) is 0.563. The summed E-state index contributed by atoms with van der Waals surface area (Å²) < 4.78 is 26.9. The molecule has 0 unspecified atom stereocenters. The molecule has 2 rings (SSSR count). The summed E-state index contributed by atoms with van der Waals surface area (Å²) in [4.78, 5) is 5.50. The molecule has 0 radical (unpaired) electrons. The molecule has 27 heavy (non-hydrogen) atoms. The van der Waals surface area contributed by atoms with Gasteiger partial charge < -0.3 is 9.88 Å². The largest absolute Gasteiger partial charge is 0.475 e. The van der Waals surface area contributed by atoms with Crippen LogP contribution in [-0.4, -0.2) is 49.3 Å². The number of phosphoric ester groups is 1. The van der Waals surface area contributed by atoms with Crippen LogP contribution in [0.25, 0.3) is 10.9 Å². The standard InChI is InChI=1S/C12H16N2.C8H19O4P.H2/c1-14(2)8-7-10-9-13-12-6-4-3-5-11(10)12;1-6-10-13(9,11-7(2)3)12-8(4)5;/h3-6,9,13H,7-8H2,1-2H3;7-8H,6H2,1-5H3;1H. The number of likely N-dealkylation sites (N-methyl/N-ethyl adjacent to an activating group) is 1. The minimum atomic E-state index is -3.33. The number of phosphoric acid groups is 1. The van der Waals surface area contributed by atoms with Gasteiger partial charge in [-0.3, -0.25) is 13.6 Å². The van der Waals surface area contributed by atoms with E-state index in [-0.39, 0.29) is 13.6 Å². The third-order valence-electron chi connectivity index (χ3n) is 3.47. The number of fused-ring (bicyclic) bond motifs is 1. The van der Waals surface area contributed by atoms with Crippen LogP contribution < -0.4 is 0 Å². The van der Waals surface area contributed by atoms with Gasteiger partial charge in [-0.05, 0) is 66.8 Å². The lowest BCUT2D eigenvalue weighted by Crippen LogP contribution is -2.14. The van der Waals surface area contributed by atoms with Gasteiger partial charge in [0, 0.05) is 25.1 Å². The van der Waals surface area contributed by atoms with Crippen LogP contribution >= 0.6 is 7.82 Å². The molecule has 1 aromatic carbocycles. The number of para-hydroxylation sites is 1. The van der Waals surface area contributed by atoms with Gasteiger partial charge in [0.1, 0.15) is 0 Å². The fraction of sp³-hybridized carbons (Fsp3) is 0.600. The summed E-state index contributed by atoms with van der Waals surface area (Å²) in [7, 11) is 0.880. The molecular formula is C20H37N2O4P. The van der Waals surface area contributed by atoms with Crippen LogP contribution in [0, 0.1) is 0 Å². The Hall–Kier alpha value is -1.17. The maximum atomic E-state index is 11.8. The number of aromatic amines is 1. The van der Waals surface area contributed by atoms with Crippen LogP contribution in [0.1, 0.15) is 41.6 Å².